The second-order valence-electron chi connectivity index (χ2n) is 11.1. The Kier molecular flexibility index (Phi) is 7.52. The van der Waals surface area contributed by atoms with Crippen LogP contribution in [-0.2, 0) is 14.1 Å². The molecule has 0 bridgehead atoms. The molecule has 1 aliphatic heterocycles. The molecule has 1 aromatic carbocycles. The van der Waals surface area contributed by atoms with Crippen molar-refractivity contribution in [3.05, 3.63) is 68.9 Å². The molecular weight excluding hydrogens is 576 g/mol. The van der Waals surface area contributed by atoms with Crippen molar-refractivity contribution >= 4 is 52.0 Å². The van der Waals surface area contributed by atoms with Crippen LogP contribution >= 0.6 is 23.5 Å². The molecule has 1 saturated heterocycles. The van der Waals surface area contributed by atoms with E-state index in [0.717, 1.165) is 30.1 Å². The Hall–Kier alpha value is -3.77. The Labute approximate surface area is 252 Å². The second kappa shape index (κ2) is 11.1. The summed E-state index contributed by atoms with van der Waals surface area (Å²) in [5, 5.41) is 8.36. The van der Waals surface area contributed by atoms with Crippen LogP contribution in [0.2, 0.25) is 5.15 Å². The van der Waals surface area contributed by atoms with E-state index in [0.29, 0.717) is 46.9 Å². The van der Waals surface area contributed by atoms with Crippen LogP contribution in [-0.4, -0.2) is 56.2 Å². The summed E-state index contributed by atoms with van der Waals surface area (Å²) < 4.78 is 12.1. The number of benzene rings is 1. The molecule has 3 unspecified atom stereocenters. The van der Waals surface area contributed by atoms with Crippen LogP contribution in [0.4, 0.5) is 11.6 Å². The highest BCUT2D eigenvalue weighted by molar-refractivity contribution is 7.97. The molecule has 1 saturated carbocycles. The smallest absolute Gasteiger partial charge is 0.281 e. The zero-order chi connectivity index (χ0) is 29.7. The Morgan fingerprint density at radius 2 is 1.95 bits per heavy atom. The minimum Gasteiger partial charge on any atom is -0.478 e. The van der Waals surface area contributed by atoms with E-state index < -0.39 is 0 Å². The number of amides is 1. The number of pyridine rings is 1. The van der Waals surface area contributed by atoms with E-state index in [-0.39, 0.29) is 28.4 Å². The third-order valence-electron chi connectivity index (χ3n) is 8.29. The van der Waals surface area contributed by atoms with Crippen molar-refractivity contribution in [1.82, 2.24) is 29.0 Å². The number of nitrogens with one attached hydrogen (secondary N) is 2. The van der Waals surface area contributed by atoms with Gasteiger partial charge in [-0.2, -0.15) is 5.10 Å². The highest BCUT2D eigenvalue weighted by Crippen LogP contribution is 2.52. The normalized spacial score (nSPS) is 20.0. The molecule has 3 aromatic heterocycles. The number of carbonyl (C=O) groups is 1. The van der Waals surface area contributed by atoms with Gasteiger partial charge in [0.1, 0.15) is 5.15 Å². The van der Waals surface area contributed by atoms with Crippen LogP contribution in [0.25, 0.3) is 10.9 Å². The number of hydrogen-bond acceptors (Lipinski definition) is 9. The number of aromatic nitrogens is 5. The number of anilines is 2. The van der Waals surface area contributed by atoms with Gasteiger partial charge in [-0.15, -0.1) is 0 Å². The summed E-state index contributed by atoms with van der Waals surface area (Å²) in [5.41, 5.74) is 3.11. The zero-order valence-corrected chi connectivity index (χ0v) is 25.7. The van der Waals surface area contributed by atoms with E-state index in [1.165, 1.54) is 11.9 Å². The Morgan fingerprint density at radius 1 is 1.19 bits per heavy atom. The first-order chi connectivity index (χ1) is 20.2. The van der Waals surface area contributed by atoms with Gasteiger partial charge in [0.2, 0.25) is 11.8 Å². The average molecular weight is 609 g/mol. The van der Waals surface area contributed by atoms with Crippen molar-refractivity contribution in [2.24, 2.45) is 31.8 Å². The summed E-state index contributed by atoms with van der Waals surface area (Å²) in [6.45, 7) is 6.27. The molecule has 220 valence electrons. The standard InChI is InChI=1S/C29H33ClN8O3S/c1-15-10-17(16(2)32-22-6-7-23(30)33-26(22)27(39)35-42-5)25-18(11-15)28(40)36(3)29(34-25)38-12-19-20(13-38)21(19)14-41-24-8-9-31-37(24)4/h6-11,16,19-21,32H,12-14H2,1-5H3,(H,35,39). The predicted octanol–water partition coefficient (Wildman–Crippen LogP) is 3.97. The number of aryl methyl sites for hydroxylation is 2. The van der Waals surface area contributed by atoms with Gasteiger partial charge in [-0.25, -0.2) is 14.6 Å². The molecule has 6 rings (SSSR count). The number of halogens is 1. The minimum absolute atomic E-state index is 0.0861. The molecule has 4 aromatic rings. The lowest BCUT2D eigenvalue weighted by atomic mass is 10.0. The first-order valence-electron chi connectivity index (χ1n) is 13.8. The van der Waals surface area contributed by atoms with E-state index in [2.05, 4.69) is 25.0 Å². The van der Waals surface area contributed by atoms with Crippen LogP contribution in [0, 0.1) is 24.7 Å². The molecule has 1 amide bonds. The minimum atomic E-state index is -0.347. The fraction of sp³-hybridized carbons (Fsp3) is 0.414. The predicted molar refractivity (Wildman–Crippen MR) is 165 cm³/mol. The van der Waals surface area contributed by atoms with E-state index in [9.17, 15) is 9.59 Å². The quantitative estimate of drug-likeness (QED) is 0.215. The average Bonchev–Trinajstić information content (AvgIpc) is 3.24. The molecule has 2 aliphatic rings. The summed E-state index contributed by atoms with van der Waals surface area (Å²) in [7, 11) is 3.66. The van der Waals surface area contributed by atoms with E-state index >= 15 is 0 Å². The van der Waals surface area contributed by atoms with Crippen LogP contribution in [0.5, 0.6) is 5.88 Å². The third kappa shape index (κ3) is 5.17. The summed E-state index contributed by atoms with van der Waals surface area (Å²) in [6.07, 6.45) is 3.50. The third-order valence-corrected chi connectivity index (χ3v) is 8.89. The summed E-state index contributed by atoms with van der Waals surface area (Å²) in [5.74, 6) is 2.59. The van der Waals surface area contributed by atoms with Gasteiger partial charge in [-0.3, -0.25) is 18.9 Å². The van der Waals surface area contributed by atoms with Crippen molar-refractivity contribution in [3.8, 4) is 5.88 Å². The molecule has 0 spiro atoms. The van der Waals surface area contributed by atoms with Crippen LogP contribution in [0.1, 0.15) is 34.6 Å². The van der Waals surface area contributed by atoms with E-state index in [1.807, 2.05) is 39.1 Å². The number of ether oxygens (including phenoxy) is 1. The van der Waals surface area contributed by atoms with Crippen molar-refractivity contribution < 1.29 is 9.53 Å². The number of rotatable bonds is 9. The first-order valence-corrected chi connectivity index (χ1v) is 15.4. The number of hydrogen-bond donors (Lipinski definition) is 2. The van der Waals surface area contributed by atoms with Crippen molar-refractivity contribution in [2.75, 3.05) is 36.2 Å². The maximum absolute atomic E-state index is 13.6. The van der Waals surface area contributed by atoms with Gasteiger partial charge in [0, 0.05) is 51.0 Å². The van der Waals surface area contributed by atoms with Gasteiger partial charge in [0.25, 0.3) is 11.5 Å². The van der Waals surface area contributed by atoms with E-state index in [1.54, 1.807) is 40.9 Å². The molecule has 3 atom stereocenters. The molecule has 0 radical (unpaired) electrons. The molecule has 11 nitrogen and oxygen atoms in total. The highest BCUT2D eigenvalue weighted by atomic mass is 35.5. The molecular formula is C29H33ClN8O3S. The lowest BCUT2D eigenvalue weighted by molar-refractivity contribution is 0.0980. The molecule has 2 N–H and O–H groups in total. The lowest BCUT2D eigenvalue weighted by Crippen LogP contribution is -2.33. The maximum Gasteiger partial charge on any atom is 0.281 e. The fourth-order valence-corrected chi connectivity index (χ4v) is 6.51. The molecule has 4 heterocycles. The summed E-state index contributed by atoms with van der Waals surface area (Å²) in [4.78, 5) is 37.9. The van der Waals surface area contributed by atoms with Gasteiger partial charge >= 0.3 is 0 Å². The second-order valence-corrected chi connectivity index (χ2v) is 12.1. The van der Waals surface area contributed by atoms with Gasteiger partial charge in [-0.1, -0.05) is 29.6 Å². The molecule has 1 aliphatic carbocycles. The van der Waals surface area contributed by atoms with Crippen LogP contribution in [0.3, 0.4) is 0 Å². The maximum atomic E-state index is 13.6. The summed E-state index contributed by atoms with van der Waals surface area (Å²) >= 11 is 7.29. The first kappa shape index (κ1) is 28.4. The lowest BCUT2D eigenvalue weighted by Gasteiger charge is -2.25. The van der Waals surface area contributed by atoms with Crippen molar-refractivity contribution in [3.63, 3.8) is 0 Å². The van der Waals surface area contributed by atoms with Gasteiger partial charge in [0.05, 0.1) is 35.4 Å². The van der Waals surface area contributed by atoms with Crippen LogP contribution in [0.15, 0.2) is 41.3 Å². The van der Waals surface area contributed by atoms with Gasteiger partial charge in [0.15, 0.2) is 5.69 Å². The van der Waals surface area contributed by atoms with Gasteiger partial charge < -0.3 is 15.0 Å². The Morgan fingerprint density at radius 3 is 2.64 bits per heavy atom. The monoisotopic (exact) mass is 608 g/mol. The Balaban J connectivity index is 1.26. The Bertz CT molecular complexity index is 1730. The SMILES string of the molecule is CSNC(=O)c1nc(Cl)ccc1NC(C)c1cc(C)cc2c(=O)n(C)c(N3CC4C(COc5ccnn5C)C4C3)nc12. The molecule has 13 heteroatoms. The summed E-state index contributed by atoms with van der Waals surface area (Å²) in [6, 6.07) is 8.89. The number of fused-ring (bicyclic) bond motifs is 2. The van der Waals surface area contributed by atoms with Crippen molar-refractivity contribution in [1.29, 1.82) is 0 Å². The largest absolute Gasteiger partial charge is 0.478 e. The topological polar surface area (TPSA) is 119 Å². The zero-order valence-electron chi connectivity index (χ0n) is 24.1. The number of nitrogens with zero attached hydrogens (tertiary/aromatic N) is 6. The van der Waals surface area contributed by atoms with Crippen LogP contribution < -0.4 is 25.2 Å². The highest BCUT2D eigenvalue weighted by Gasteiger charge is 2.56. The molecule has 2 fully saturated rings. The van der Waals surface area contributed by atoms with Crippen molar-refractivity contribution in [2.45, 2.75) is 19.9 Å². The van der Waals surface area contributed by atoms with E-state index in [4.69, 9.17) is 21.3 Å². The number of piperidine rings is 1. The van der Waals surface area contributed by atoms with Gasteiger partial charge in [-0.05, 0) is 49.4 Å². The fourth-order valence-electron chi connectivity index (χ4n) is 6.08. The molecule has 42 heavy (non-hydrogen) atoms. The number of carbonyl (C=O) groups excluding carboxylic acids is 1.